The molecule has 2 atom stereocenters. The van der Waals surface area contributed by atoms with Crippen LogP contribution in [0.2, 0.25) is 0 Å². The first kappa shape index (κ1) is 16.1. The van der Waals surface area contributed by atoms with Crippen molar-refractivity contribution in [3.05, 3.63) is 54.4 Å². The zero-order chi connectivity index (χ0) is 17.1. The van der Waals surface area contributed by atoms with Crippen molar-refractivity contribution in [2.24, 2.45) is 7.05 Å². The van der Waals surface area contributed by atoms with E-state index in [4.69, 9.17) is 4.74 Å². The summed E-state index contributed by atoms with van der Waals surface area (Å²) < 4.78 is 7.71. The highest BCUT2D eigenvalue weighted by Gasteiger charge is 2.41. The lowest BCUT2D eigenvalue weighted by Gasteiger charge is -2.23. The molecule has 1 aliphatic heterocycles. The molecule has 6 heteroatoms. The minimum absolute atomic E-state index is 0.157. The Morgan fingerprint density at radius 1 is 1.17 bits per heavy atom. The van der Waals surface area contributed by atoms with Gasteiger partial charge in [-0.25, -0.2) is 0 Å². The lowest BCUT2D eigenvalue weighted by Crippen LogP contribution is -2.45. The van der Waals surface area contributed by atoms with Gasteiger partial charge in [-0.2, -0.15) is 0 Å². The van der Waals surface area contributed by atoms with Crippen molar-refractivity contribution in [2.75, 3.05) is 13.6 Å². The molecular formula is C18H21N3O3. The molecule has 0 spiro atoms. The van der Waals surface area contributed by atoms with E-state index in [1.165, 1.54) is 0 Å². The van der Waals surface area contributed by atoms with Crippen molar-refractivity contribution in [2.45, 2.75) is 18.6 Å². The molecule has 126 valence electrons. The van der Waals surface area contributed by atoms with Gasteiger partial charge in [0.1, 0.15) is 23.6 Å². The number of likely N-dealkylation sites (tertiary alicyclic amines) is 1. The Labute approximate surface area is 141 Å². The lowest BCUT2D eigenvalue weighted by molar-refractivity contribution is -0.124. The van der Waals surface area contributed by atoms with Crippen LogP contribution >= 0.6 is 0 Å². The Kier molecular flexibility index (Phi) is 4.55. The first-order chi connectivity index (χ1) is 11.6. The van der Waals surface area contributed by atoms with Gasteiger partial charge in [0, 0.05) is 26.7 Å². The van der Waals surface area contributed by atoms with Crippen LogP contribution < -0.4 is 10.1 Å². The second kappa shape index (κ2) is 6.78. The van der Waals surface area contributed by atoms with Crippen LogP contribution in [-0.4, -0.2) is 47.0 Å². The molecule has 2 amide bonds. The number of rotatable bonds is 4. The van der Waals surface area contributed by atoms with Crippen molar-refractivity contribution in [3.8, 4) is 5.75 Å². The fraction of sp³-hybridized carbons (Fsp3) is 0.333. The average molecular weight is 327 g/mol. The molecule has 0 bridgehead atoms. The quantitative estimate of drug-likeness (QED) is 0.924. The van der Waals surface area contributed by atoms with Gasteiger partial charge in [0.2, 0.25) is 5.91 Å². The van der Waals surface area contributed by atoms with Gasteiger partial charge in [-0.15, -0.1) is 0 Å². The van der Waals surface area contributed by atoms with Gasteiger partial charge in [0.15, 0.2) is 0 Å². The molecule has 0 radical (unpaired) electrons. The van der Waals surface area contributed by atoms with E-state index in [1.807, 2.05) is 49.6 Å². The molecule has 3 rings (SSSR count). The third kappa shape index (κ3) is 3.13. The third-order valence-corrected chi connectivity index (χ3v) is 4.28. The number of hydrogen-bond acceptors (Lipinski definition) is 3. The average Bonchev–Trinajstić information content (AvgIpc) is 3.21. The van der Waals surface area contributed by atoms with Crippen LogP contribution in [-0.2, 0) is 11.8 Å². The van der Waals surface area contributed by atoms with E-state index >= 15 is 0 Å². The molecule has 2 aromatic rings. The van der Waals surface area contributed by atoms with Crippen molar-refractivity contribution >= 4 is 11.8 Å². The maximum Gasteiger partial charge on any atom is 0.271 e. The normalized spacial score (nSPS) is 20.0. The number of amides is 2. The molecule has 0 unspecified atom stereocenters. The number of carbonyl (C=O) groups excluding carboxylic acids is 2. The topological polar surface area (TPSA) is 63.6 Å². The Morgan fingerprint density at radius 3 is 2.54 bits per heavy atom. The minimum atomic E-state index is -0.522. The highest BCUT2D eigenvalue weighted by molar-refractivity contribution is 5.97. The van der Waals surface area contributed by atoms with Gasteiger partial charge < -0.3 is 19.5 Å². The van der Waals surface area contributed by atoms with Crippen molar-refractivity contribution in [3.63, 3.8) is 0 Å². The minimum Gasteiger partial charge on any atom is -0.488 e. The summed E-state index contributed by atoms with van der Waals surface area (Å²) >= 11 is 0. The number of carbonyl (C=O) groups is 2. The summed E-state index contributed by atoms with van der Waals surface area (Å²) in [6, 6.07) is 12.5. The fourth-order valence-corrected chi connectivity index (χ4v) is 3.04. The summed E-state index contributed by atoms with van der Waals surface area (Å²) in [6.07, 6.45) is 2.08. The van der Waals surface area contributed by atoms with Crippen molar-refractivity contribution in [1.29, 1.82) is 0 Å². The van der Waals surface area contributed by atoms with Crippen LogP contribution in [0, 0.1) is 0 Å². The number of aromatic nitrogens is 1. The number of nitrogens with zero attached hydrogens (tertiary/aromatic N) is 2. The molecule has 1 aliphatic rings. The van der Waals surface area contributed by atoms with Crippen molar-refractivity contribution in [1.82, 2.24) is 14.8 Å². The highest BCUT2D eigenvalue weighted by Crippen LogP contribution is 2.25. The molecule has 1 saturated heterocycles. The van der Waals surface area contributed by atoms with E-state index in [2.05, 4.69) is 5.32 Å². The van der Waals surface area contributed by atoms with Crippen molar-refractivity contribution < 1.29 is 14.3 Å². The van der Waals surface area contributed by atoms with Gasteiger partial charge >= 0.3 is 0 Å². The third-order valence-electron chi connectivity index (χ3n) is 4.28. The largest absolute Gasteiger partial charge is 0.488 e. The number of benzene rings is 1. The van der Waals surface area contributed by atoms with Gasteiger partial charge in [-0.05, 0) is 24.3 Å². The van der Waals surface area contributed by atoms with E-state index in [9.17, 15) is 9.59 Å². The maximum absolute atomic E-state index is 12.8. The maximum atomic E-state index is 12.8. The number of likely N-dealkylation sites (N-methyl/N-ethyl adjacent to an activating group) is 1. The smallest absolute Gasteiger partial charge is 0.271 e. The summed E-state index contributed by atoms with van der Waals surface area (Å²) in [7, 11) is 3.40. The van der Waals surface area contributed by atoms with Gasteiger partial charge in [-0.3, -0.25) is 9.59 Å². The summed E-state index contributed by atoms with van der Waals surface area (Å²) in [4.78, 5) is 26.6. The fourth-order valence-electron chi connectivity index (χ4n) is 3.04. The molecule has 24 heavy (non-hydrogen) atoms. The number of aryl methyl sites for hydroxylation is 1. The summed E-state index contributed by atoms with van der Waals surface area (Å²) in [5.74, 6) is 0.415. The second-order valence-electron chi connectivity index (χ2n) is 5.88. The van der Waals surface area contributed by atoms with E-state index in [0.29, 0.717) is 18.7 Å². The van der Waals surface area contributed by atoms with Gasteiger partial charge in [0.25, 0.3) is 5.91 Å². The first-order valence-corrected chi connectivity index (χ1v) is 7.95. The van der Waals surface area contributed by atoms with E-state index in [-0.39, 0.29) is 17.9 Å². The number of para-hydroxylation sites is 1. The Morgan fingerprint density at radius 2 is 1.92 bits per heavy atom. The predicted octanol–water partition coefficient (Wildman–Crippen LogP) is 1.43. The summed E-state index contributed by atoms with van der Waals surface area (Å²) in [6.45, 7) is 0.386. The van der Waals surface area contributed by atoms with Gasteiger partial charge in [0.05, 0.1) is 6.54 Å². The molecule has 1 N–H and O–H groups in total. The molecule has 1 fully saturated rings. The highest BCUT2D eigenvalue weighted by atomic mass is 16.5. The molecule has 6 nitrogen and oxygen atoms in total. The van der Waals surface area contributed by atoms with E-state index < -0.39 is 6.04 Å². The number of nitrogens with one attached hydrogen (secondary N) is 1. The molecular weight excluding hydrogens is 306 g/mol. The van der Waals surface area contributed by atoms with Gasteiger partial charge in [-0.1, -0.05) is 18.2 Å². The lowest BCUT2D eigenvalue weighted by atomic mass is 10.2. The Bertz CT molecular complexity index is 726. The Balaban J connectivity index is 1.79. The predicted molar refractivity (Wildman–Crippen MR) is 89.8 cm³/mol. The molecule has 1 aromatic carbocycles. The number of hydrogen-bond donors (Lipinski definition) is 1. The molecule has 1 aromatic heterocycles. The SMILES string of the molecule is CNC(=O)[C@@H]1C[C@H](Oc2ccccc2)CN1C(=O)c1cccn1C. The Hall–Kier alpha value is -2.76. The van der Waals surface area contributed by atoms with Crippen LogP contribution in [0.4, 0.5) is 0 Å². The van der Waals surface area contributed by atoms with Crippen LogP contribution in [0.1, 0.15) is 16.9 Å². The zero-order valence-electron chi connectivity index (χ0n) is 13.8. The summed E-state index contributed by atoms with van der Waals surface area (Å²) in [5, 5.41) is 2.64. The van der Waals surface area contributed by atoms with Crippen LogP contribution in [0.15, 0.2) is 48.7 Å². The number of ether oxygens (including phenoxy) is 1. The van der Waals surface area contributed by atoms with Crippen LogP contribution in [0.25, 0.3) is 0 Å². The summed E-state index contributed by atoms with van der Waals surface area (Å²) in [5.41, 5.74) is 0.560. The molecule has 0 saturated carbocycles. The van der Waals surface area contributed by atoms with Crippen LogP contribution in [0.5, 0.6) is 5.75 Å². The van der Waals surface area contributed by atoms with Crippen LogP contribution in [0.3, 0.4) is 0 Å². The monoisotopic (exact) mass is 327 g/mol. The van der Waals surface area contributed by atoms with E-state index in [0.717, 1.165) is 5.75 Å². The second-order valence-corrected chi connectivity index (χ2v) is 5.88. The molecule has 2 heterocycles. The first-order valence-electron chi connectivity index (χ1n) is 7.95. The standard InChI is InChI=1S/C18H21N3O3/c1-19-17(22)16-11-14(24-13-7-4-3-5-8-13)12-21(16)18(23)15-9-6-10-20(15)2/h3-10,14,16H,11-12H2,1-2H3,(H,19,22)/t14-,16-/m0/s1. The van der Waals surface area contributed by atoms with E-state index in [1.54, 1.807) is 22.6 Å². The molecule has 0 aliphatic carbocycles. The zero-order valence-corrected chi connectivity index (χ0v) is 13.8.